The van der Waals surface area contributed by atoms with Gasteiger partial charge in [-0.3, -0.25) is 0 Å². The van der Waals surface area contributed by atoms with Gasteiger partial charge in [0.05, 0.1) is 11.3 Å². The Morgan fingerprint density at radius 2 is 2.24 bits per heavy atom. The van der Waals surface area contributed by atoms with E-state index in [1.807, 2.05) is 24.8 Å². The number of nitrogens with one attached hydrogen (secondary N) is 1. The summed E-state index contributed by atoms with van der Waals surface area (Å²) >= 11 is 1.85. The van der Waals surface area contributed by atoms with Crippen molar-refractivity contribution in [3.05, 3.63) is 29.3 Å². The molecule has 0 bridgehead atoms. The molecule has 0 saturated carbocycles. The second kappa shape index (κ2) is 6.55. The number of carboxylic acids is 1. The van der Waals surface area contributed by atoms with E-state index >= 15 is 0 Å². The van der Waals surface area contributed by atoms with E-state index in [0.29, 0.717) is 5.56 Å². The molecule has 0 aliphatic rings. The fourth-order valence-electron chi connectivity index (χ4n) is 1.62. The lowest BCUT2D eigenvalue weighted by molar-refractivity contribution is 0.0698. The lowest BCUT2D eigenvalue weighted by atomic mass is 10.1. The van der Waals surface area contributed by atoms with Crippen LogP contribution in [0, 0.1) is 6.92 Å². The van der Waals surface area contributed by atoms with Gasteiger partial charge in [-0.2, -0.15) is 11.8 Å². The number of para-hydroxylation sites is 1. The number of carbonyl (C=O) groups is 1. The number of thioether (sulfide) groups is 1. The van der Waals surface area contributed by atoms with E-state index in [4.69, 9.17) is 5.11 Å². The molecule has 0 amide bonds. The summed E-state index contributed by atoms with van der Waals surface area (Å²) in [5, 5.41) is 12.4. The third-order valence-electron chi connectivity index (χ3n) is 2.47. The Kier molecular flexibility index (Phi) is 5.35. The van der Waals surface area contributed by atoms with Crippen molar-refractivity contribution in [2.75, 3.05) is 16.8 Å². The third-order valence-corrected chi connectivity index (χ3v) is 3.61. The zero-order valence-corrected chi connectivity index (χ0v) is 11.3. The molecule has 1 rings (SSSR count). The highest BCUT2D eigenvalue weighted by molar-refractivity contribution is 7.99. The molecule has 1 aromatic rings. The van der Waals surface area contributed by atoms with Gasteiger partial charge in [-0.15, -0.1) is 0 Å². The predicted molar refractivity (Wildman–Crippen MR) is 74.2 cm³/mol. The van der Waals surface area contributed by atoms with Gasteiger partial charge in [-0.05, 0) is 31.2 Å². The van der Waals surface area contributed by atoms with Crippen LogP contribution < -0.4 is 5.32 Å². The second-order valence-electron chi connectivity index (χ2n) is 4.01. The van der Waals surface area contributed by atoms with Crippen LogP contribution >= 0.6 is 11.8 Å². The molecule has 1 unspecified atom stereocenters. The molecule has 0 radical (unpaired) electrons. The molecular formula is C13H19NO2S. The van der Waals surface area contributed by atoms with Crippen LogP contribution in [-0.4, -0.2) is 28.6 Å². The third kappa shape index (κ3) is 3.97. The van der Waals surface area contributed by atoms with E-state index in [9.17, 15) is 4.79 Å². The number of rotatable bonds is 6. The minimum Gasteiger partial charge on any atom is -0.478 e. The first-order valence-electron chi connectivity index (χ1n) is 5.73. The van der Waals surface area contributed by atoms with Crippen molar-refractivity contribution < 1.29 is 9.90 Å². The average Bonchev–Trinajstić information content (AvgIpc) is 2.28. The number of anilines is 1. The van der Waals surface area contributed by atoms with Gasteiger partial charge in [-0.1, -0.05) is 19.1 Å². The molecule has 0 heterocycles. The Hall–Kier alpha value is -1.16. The fourth-order valence-corrected chi connectivity index (χ4v) is 2.29. The fraction of sp³-hybridized carbons (Fsp3) is 0.462. The van der Waals surface area contributed by atoms with Crippen molar-refractivity contribution in [2.24, 2.45) is 0 Å². The van der Waals surface area contributed by atoms with E-state index in [-0.39, 0.29) is 6.04 Å². The van der Waals surface area contributed by atoms with Gasteiger partial charge in [0, 0.05) is 11.8 Å². The molecule has 0 fully saturated rings. The maximum absolute atomic E-state index is 11.1. The zero-order valence-electron chi connectivity index (χ0n) is 10.5. The van der Waals surface area contributed by atoms with Crippen LogP contribution in [0.5, 0.6) is 0 Å². The molecule has 0 saturated heterocycles. The molecule has 0 spiro atoms. The van der Waals surface area contributed by atoms with Crippen LogP contribution in [0.1, 0.15) is 29.8 Å². The highest BCUT2D eigenvalue weighted by Crippen LogP contribution is 2.22. The first kappa shape index (κ1) is 13.9. The van der Waals surface area contributed by atoms with Crippen LogP contribution in [0.3, 0.4) is 0 Å². The predicted octanol–water partition coefficient (Wildman–Crippen LogP) is 3.25. The number of hydrogen-bond acceptors (Lipinski definition) is 3. The van der Waals surface area contributed by atoms with Gasteiger partial charge in [0.1, 0.15) is 0 Å². The Labute approximate surface area is 107 Å². The molecule has 0 aliphatic heterocycles. The molecule has 1 atom stereocenters. The van der Waals surface area contributed by atoms with Gasteiger partial charge in [0.2, 0.25) is 0 Å². The van der Waals surface area contributed by atoms with Crippen LogP contribution in [0.4, 0.5) is 5.69 Å². The highest BCUT2D eigenvalue weighted by Gasteiger charge is 2.13. The highest BCUT2D eigenvalue weighted by atomic mass is 32.2. The topological polar surface area (TPSA) is 49.3 Å². The minimum absolute atomic E-state index is 0.263. The maximum Gasteiger partial charge on any atom is 0.337 e. The average molecular weight is 253 g/mol. The van der Waals surface area contributed by atoms with Crippen molar-refractivity contribution in [3.8, 4) is 0 Å². The lowest BCUT2D eigenvalue weighted by Crippen LogP contribution is -2.20. The van der Waals surface area contributed by atoms with E-state index in [1.54, 1.807) is 12.1 Å². The van der Waals surface area contributed by atoms with Gasteiger partial charge in [0.15, 0.2) is 0 Å². The lowest BCUT2D eigenvalue weighted by Gasteiger charge is -2.18. The van der Waals surface area contributed by atoms with Crippen molar-refractivity contribution in [1.29, 1.82) is 0 Å². The summed E-state index contributed by atoms with van der Waals surface area (Å²) in [4.78, 5) is 11.1. The molecule has 94 valence electrons. The number of hydrogen-bond donors (Lipinski definition) is 2. The minimum atomic E-state index is -0.883. The first-order chi connectivity index (χ1) is 8.06. The molecule has 0 aliphatic carbocycles. The van der Waals surface area contributed by atoms with E-state index < -0.39 is 5.97 Å². The number of carboxylic acid groups (broad SMARTS) is 1. The van der Waals surface area contributed by atoms with Crippen LogP contribution in [0.25, 0.3) is 0 Å². The van der Waals surface area contributed by atoms with Crippen LogP contribution in [0.15, 0.2) is 18.2 Å². The number of benzene rings is 1. The van der Waals surface area contributed by atoms with Gasteiger partial charge < -0.3 is 10.4 Å². The Bertz CT molecular complexity index is 393. The van der Waals surface area contributed by atoms with Gasteiger partial charge in [0.25, 0.3) is 0 Å². The Morgan fingerprint density at radius 1 is 1.53 bits per heavy atom. The Morgan fingerprint density at radius 3 is 2.82 bits per heavy atom. The summed E-state index contributed by atoms with van der Waals surface area (Å²) in [5.41, 5.74) is 2.06. The molecule has 1 aromatic carbocycles. The van der Waals surface area contributed by atoms with E-state index in [2.05, 4.69) is 19.2 Å². The van der Waals surface area contributed by atoms with Gasteiger partial charge in [-0.25, -0.2) is 4.79 Å². The monoisotopic (exact) mass is 253 g/mol. The normalized spacial score (nSPS) is 12.2. The Balaban J connectivity index is 2.85. The van der Waals surface area contributed by atoms with Gasteiger partial charge >= 0.3 is 5.97 Å². The molecule has 3 nitrogen and oxygen atoms in total. The first-order valence-corrected chi connectivity index (χ1v) is 6.89. The van der Waals surface area contributed by atoms with Crippen molar-refractivity contribution in [3.63, 3.8) is 0 Å². The number of aryl methyl sites for hydroxylation is 1. The van der Waals surface area contributed by atoms with E-state index in [1.165, 1.54) is 0 Å². The number of aromatic carboxylic acids is 1. The summed E-state index contributed by atoms with van der Waals surface area (Å²) < 4.78 is 0. The molecular weight excluding hydrogens is 234 g/mol. The van der Waals surface area contributed by atoms with E-state index in [0.717, 1.165) is 22.8 Å². The summed E-state index contributed by atoms with van der Waals surface area (Å²) in [6.07, 6.45) is 0. The molecule has 4 heteroatoms. The summed E-state index contributed by atoms with van der Waals surface area (Å²) in [6.45, 7) is 6.11. The van der Waals surface area contributed by atoms with Crippen molar-refractivity contribution in [2.45, 2.75) is 26.8 Å². The standard InChI is InChI=1S/C13H19NO2S/c1-4-17-8-10(3)14-12-9(2)6-5-7-11(12)13(15)16/h5-7,10,14H,4,8H2,1-3H3,(H,15,16). The van der Waals surface area contributed by atoms with Crippen molar-refractivity contribution >= 4 is 23.4 Å². The second-order valence-corrected chi connectivity index (χ2v) is 5.33. The smallest absolute Gasteiger partial charge is 0.337 e. The summed E-state index contributed by atoms with van der Waals surface area (Å²) in [6, 6.07) is 5.60. The van der Waals surface area contributed by atoms with Crippen LogP contribution in [0.2, 0.25) is 0 Å². The quantitative estimate of drug-likeness (QED) is 0.817. The zero-order chi connectivity index (χ0) is 12.8. The largest absolute Gasteiger partial charge is 0.478 e. The SMILES string of the molecule is CCSCC(C)Nc1c(C)cccc1C(=O)O. The van der Waals surface area contributed by atoms with Crippen molar-refractivity contribution in [1.82, 2.24) is 0 Å². The summed E-state index contributed by atoms with van der Waals surface area (Å²) in [7, 11) is 0. The maximum atomic E-state index is 11.1. The van der Waals surface area contributed by atoms with Crippen LogP contribution in [-0.2, 0) is 0 Å². The molecule has 0 aromatic heterocycles. The molecule has 17 heavy (non-hydrogen) atoms. The summed E-state index contributed by atoms with van der Waals surface area (Å²) in [5.74, 6) is 1.17. The molecule has 2 N–H and O–H groups in total.